The molecule has 0 aliphatic carbocycles. The van der Waals surface area contributed by atoms with Crippen molar-refractivity contribution in [3.05, 3.63) is 0 Å². The second kappa shape index (κ2) is 5.35. The molecule has 1 atom stereocenters. The van der Waals surface area contributed by atoms with E-state index in [9.17, 15) is 4.79 Å². The van der Waals surface area contributed by atoms with Crippen LogP contribution in [0.15, 0.2) is 0 Å². The lowest BCUT2D eigenvalue weighted by Gasteiger charge is -2.05. The van der Waals surface area contributed by atoms with Crippen molar-refractivity contribution in [2.75, 3.05) is 0 Å². The number of hydrogen-bond acceptors (Lipinski definition) is 2. The number of carbonyl (C=O) groups is 1. The Morgan fingerprint density at radius 1 is 1.80 bits per heavy atom. The lowest BCUT2D eigenvalue weighted by molar-refractivity contribution is 0.0767. The van der Waals surface area contributed by atoms with Gasteiger partial charge in [0.1, 0.15) is 0 Å². The highest BCUT2D eigenvalue weighted by atomic mass is 35.5. The lowest BCUT2D eigenvalue weighted by atomic mass is 10.3. The maximum atomic E-state index is 9.87. The van der Waals surface area contributed by atoms with E-state index in [0.29, 0.717) is 6.42 Å². The molecule has 0 saturated heterocycles. The first-order chi connectivity index (χ1) is 4.66. The zero-order valence-electron chi connectivity index (χ0n) is 5.84. The largest absolute Gasteiger partial charge is 0.507 e. The molecule has 0 amide bonds. The zero-order chi connectivity index (χ0) is 7.98. The number of carboxylic acid groups (broad SMARTS) is 1. The van der Waals surface area contributed by atoms with Gasteiger partial charge in [-0.2, -0.15) is 0 Å². The van der Waals surface area contributed by atoms with Crippen molar-refractivity contribution in [3.63, 3.8) is 0 Å². The normalized spacial score (nSPS) is 12.6. The topological polar surface area (TPSA) is 46.5 Å². The van der Waals surface area contributed by atoms with E-state index in [4.69, 9.17) is 16.7 Å². The molecule has 0 aromatic rings. The van der Waals surface area contributed by atoms with Gasteiger partial charge in [0.25, 0.3) is 0 Å². The van der Waals surface area contributed by atoms with Crippen LogP contribution in [0.5, 0.6) is 0 Å². The van der Waals surface area contributed by atoms with E-state index in [1.807, 2.05) is 6.92 Å². The van der Waals surface area contributed by atoms with Crippen LogP contribution < -0.4 is 0 Å². The van der Waals surface area contributed by atoms with Crippen LogP contribution >= 0.6 is 11.6 Å². The van der Waals surface area contributed by atoms with Gasteiger partial charge in [-0.05, 0) is 12.8 Å². The Morgan fingerprint density at radius 2 is 2.40 bits per heavy atom. The molecular formula is C6H11ClO3. The van der Waals surface area contributed by atoms with Crippen LogP contribution in [0.25, 0.3) is 0 Å². The smallest absolute Gasteiger partial charge is 0.450 e. The van der Waals surface area contributed by atoms with Crippen LogP contribution in [-0.2, 0) is 4.74 Å². The van der Waals surface area contributed by atoms with E-state index in [-0.39, 0.29) is 0 Å². The molecule has 0 bridgehead atoms. The van der Waals surface area contributed by atoms with Gasteiger partial charge in [0.2, 0.25) is 0 Å². The predicted molar refractivity (Wildman–Crippen MR) is 38.3 cm³/mol. The third-order valence-electron chi connectivity index (χ3n) is 1.01. The van der Waals surface area contributed by atoms with Gasteiger partial charge < -0.3 is 9.84 Å². The van der Waals surface area contributed by atoms with Crippen molar-refractivity contribution in [2.24, 2.45) is 0 Å². The predicted octanol–water partition coefficient (Wildman–Crippen LogP) is 2.44. The Balaban J connectivity index is 3.25. The minimum absolute atomic E-state index is 0.588. The number of alkyl halides is 1. The van der Waals surface area contributed by atoms with E-state index < -0.39 is 11.7 Å². The molecule has 0 aliphatic rings. The molecule has 3 nitrogen and oxygen atoms in total. The van der Waals surface area contributed by atoms with E-state index in [1.165, 1.54) is 0 Å². The summed E-state index contributed by atoms with van der Waals surface area (Å²) in [4.78, 5) is 9.87. The molecule has 1 unspecified atom stereocenters. The van der Waals surface area contributed by atoms with Gasteiger partial charge in [-0.3, -0.25) is 0 Å². The Morgan fingerprint density at radius 3 is 2.80 bits per heavy atom. The molecule has 0 saturated carbocycles. The average molecular weight is 167 g/mol. The van der Waals surface area contributed by atoms with Gasteiger partial charge in [0, 0.05) is 0 Å². The quantitative estimate of drug-likeness (QED) is 0.516. The van der Waals surface area contributed by atoms with Gasteiger partial charge in [0.15, 0.2) is 5.56 Å². The van der Waals surface area contributed by atoms with Crippen LogP contribution in [0.1, 0.15) is 26.2 Å². The standard InChI is InChI=1S/C6H11ClO3/c1-2-3-4-5(7)10-6(8)9/h5H,2-4H2,1H3,(H,8,9). The number of halogens is 1. The van der Waals surface area contributed by atoms with E-state index in [0.717, 1.165) is 12.8 Å². The van der Waals surface area contributed by atoms with E-state index in [1.54, 1.807) is 0 Å². The third kappa shape index (κ3) is 5.69. The highest BCUT2D eigenvalue weighted by Crippen LogP contribution is 2.08. The third-order valence-corrected chi connectivity index (χ3v) is 1.32. The summed E-state index contributed by atoms with van der Waals surface area (Å²) in [5.74, 6) is 0. The number of hydrogen-bond donors (Lipinski definition) is 1. The summed E-state index contributed by atoms with van der Waals surface area (Å²) in [6.07, 6.45) is 1.16. The van der Waals surface area contributed by atoms with Crippen molar-refractivity contribution in [2.45, 2.75) is 31.7 Å². The van der Waals surface area contributed by atoms with E-state index in [2.05, 4.69) is 4.74 Å². The molecule has 0 heterocycles. The number of unbranched alkanes of at least 4 members (excludes halogenated alkanes) is 1. The maximum absolute atomic E-state index is 9.87. The van der Waals surface area contributed by atoms with Crippen LogP contribution in [-0.4, -0.2) is 16.8 Å². The highest BCUT2D eigenvalue weighted by molar-refractivity contribution is 6.20. The SMILES string of the molecule is CCCCC(Cl)OC(=O)O. The summed E-state index contributed by atoms with van der Waals surface area (Å²) in [5, 5.41) is 8.08. The van der Waals surface area contributed by atoms with Crippen molar-refractivity contribution in [1.29, 1.82) is 0 Å². The fraction of sp³-hybridized carbons (Fsp3) is 0.833. The monoisotopic (exact) mass is 166 g/mol. The fourth-order valence-electron chi connectivity index (χ4n) is 0.533. The zero-order valence-corrected chi connectivity index (χ0v) is 6.60. The fourth-order valence-corrected chi connectivity index (χ4v) is 0.763. The number of rotatable bonds is 4. The van der Waals surface area contributed by atoms with Crippen LogP contribution in [0.2, 0.25) is 0 Å². The average Bonchev–Trinajstić information content (AvgIpc) is 1.82. The van der Waals surface area contributed by atoms with Crippen LogP contribution in [0.3, 0.4) is 0 Å². The Labute approximate surface area is 64.9 Å². The van der Waals surface area contributed by atoms with Crippen molar-refractivity contribution in [1.82, 2.24) is 0 Å². The second-order valence-corrected chi connectivity index (χ2v) is 2.42. The molecule has 0 fully saturated rings. The second-order valence-electron chi connectivity index (χ2n) is 1.94. The summed E-state index contributed by atoms with van der Waals surface area (Å²) in [6.45, 7) is 2.00. The van der Waals surface area contributed by atoms with Gasteiger partial charge >= 0.3 is 6.16 Å². The molecule has 0 rings (SSSR count). The molecule has 0 aromatic heterocycles. The Bertz CT molecular complexity index is 105. The molecule has 0 radical (unpaired) electrons. The van der Waals surface area contributed by atoms with Gasteiger partial charge in [0.05, 0.1) is 0 Å². The highest BCUT2D eigenvalue weighted by Gasteiger charge is 2.07. The number of ether oxygens (including phenoxy) is 1. The Hall–Kier alpha value is -0.440. The Kier molecular flexibility index (Phi) is 5.12. The molecule has 10 heavy (non-hydrogen) atoms. The summed E-state index contributed by atoms with van der Waals surface area (Å²) in [7, 11) is 0. The molecule has 1 N–H and O–H groups in total. The van der Waals surface area contributed by atoms with Crippen molar-refractivity contribution < 1.29 is 14.6 Å². The summed E-state index contributed by atoms with van der Waals surface area (Å²) < 4.78 is 4.23. The molecular weight excluding hydrogens is 156 g/mol. The summed E-state index contributed by atoms with van der Waals surface area (Å²) >= 11 is 5.45. The van der Waals surface area contributed by atoms with Gasteiger partial charge in [-0.25, -0.2) is 4.79 Å². The molecule has 0 spiro atoms. The maximum Gasteiger partial charge on any atom is 0.507 e. The molecule has 0 aliphatic heterocycles. The van der Waals surface area contributed by atoms with Gasteiger partial charge in [-0.1, -0.05) is 24.9 Å². The summed E-state index contributed by atoms with van der Waals surface area (Å²) in [6, 6.07) is 0. The van der Waals surface area contributed by atoms with Crippen molar-refractivity contribution in [3.8, 4) is 0 Å². The molecule has 0 aromatic carbocycles. The molecule has 4 heteroatoms. The first-order valence-corrected chi connectivity index (χ1v) is 3.64. The minimum Gasteiger partial charge on any atom is -0.450 e. The van der Waals surface area contributed by atoms with Crippen LogP contribution in [0.4, 0.5) is 4.79 Å². The van der Waals surface area contributed by atoms with Crippen molar-refractivity contribution >= 4 is 17.8 Å². The van der Waals surface area contributed by atoms with E-state index >= 15 is 0 Å². The lowest BCUT2D eigenvalue weighted by Crippen LogP contribution is -2.09. The first-order valence-electron chi connectivity index (χ1n) is 3.20. The van der Waals surface area contributed by atoms with Crippen LogP contribution in [0, 0.1) is 0 Å². The minimum atomic E-state index is -1.31. The molecule has 60 valence electrons. The van der Waals surface area contributed by atoms with Gasteiger partial charge in [-0.15, -0.1) is 0 Å². The summed E-state index contributed by atoms with van der Waals surface area (Å²) in [5.41, 5.74) is -0.683. The first kappa shape index (κ1) is 9.56.